The summed E-state index contributed by atoms with van der Waals surface area (Å²) in [5, 5.41) is 6.48. The number of aromatic amines is 1. The number of rotatable bonds is 9. The van der Waals surface area contributed by atoms with Crippen LogP contribution in [0.2, 0.25) is 0 Å². The molecule has 0 saturated heterocycles. The monoisotopic (exact) mass is 431 g/mol. The van der Waals surface area contributed by atoms with Gasteiger partial charge in [-0.1, -0.05) is 36.4 Å². The van der Waals surface area contributed by atoms with Crippen LogP contribution in [-0.2, 0) is 11.2 Å². The number of anilines is 1. The molecule has 0 spiro atoms. The fourth-order valence-corrected chi connectivity index (χ4v) is 4.73. The Kier molecular flexibility index (Phi) is 6.73. The van der Waals surface area contributed by atoms with Crippen LogP contribution < -0.4 is 10.2 Å². The number of fused-ring (bicyclic) bond motifs is 1. The highest BCUT2D eigenvalue weighted by Gasteiger charge is 2.19. The Bertz CT molecular complexity index is 1110. The molecule has 31 heavy (non-hydrogen) atoms. The molecule has 1 unspecified atom stereocenters. The number of carbonyl (C=O) groups excluding carboxylic acids is 1. The maximum absolute atomic E-state index is 12.6. The minimum Gasteiger partial charge on any atom is -0.378 e. The van der Waals surface area contributed by atoms with Gasteiger partial charge in [-0.25, -0.2) is 0 Å². The number of aromatic nitrogens is 1. The summed E-state index contributed by atoms with van der Waals surface area (Å²) in [5.41, 5.74) is 4.70. The molecule has 5 heteroatoms. The lowest BCUT2D eigenvalue weighted by Gasteiger charge is -2.20. The highest BCUT2D eigenvalue weighted by Crippen LogP contribution is 2.31. The molecule has 4 nitrogen and oxygen atoms in total. The summed E-state index contributed by atoms with van der Waals surface area (Å²) in [4.78, 5) is 19.4. The highest BCUT2D eigenvalue weighted by atomic mass is 32.1. The van der Waals surface area contributed by atoms with Gasteiger partial charge in [0.05, 0.1) is 0 Å². The van der Waals surface area contributed by atoms with E-state index < -0.39 is 0 Å². The van der Waals surface area contributed by atoms with Crippen molar-refractivity contribution in [3.8, 4) is 0 Å². The van der Waals surface area contributed by atoms with Gasteiger partial charge in [-0.3, -0.25) is 4.79 Å². The van der Waals surface area contributed by atoms with Crippen LogP contribution in [0.1, 0.15) is 34.8 Å². The number of thiophene rings is 1. The molecule has 0 radical (unpaired) electrons. The van der Waals surface area contributed by atoms with Crippen molar-refractivity contribution in [3.63, 3.8) is 0 Å². The third-order valence-corrected chi connectivity index (χ3v) is 6.66. The smallest absolute Gasteiger partial charge is 0.220 e. The van der Waals surface area contributed by atoms with E-state index in [9.17, 15) is 4.79 Å². The van der Waals surface area contributed by atoms with Gasteiger partial charge in [0.15, 0.2) is 0 Å². The maximum atomic E-state index is 12.6. The van der Waals surface area contributed by atoms with E-state index in [4.69, 9.17) is 0 Å². The van der Waals surface area contributed by atoms with Crippen molar-refractivity contribution in [1.82, 2.24) is 10.3 Å². The number of H-pyrrole nitrogens is 1. The van der Waals surface area contributed by atoms with Crippen LogP contribution in [0.5, 0.6) is 0 Å². The van der Waals surface area contributed by atoms with Crippen LogP contribution in [0.15, 0.2) is 72.2 Å². The Balaban J connectivity index is 1.49. The molecule has 4 aromatic rings. The van der Waals surface area contributed by atoms with E-state index in [0.717, 1.165) is 18.4 Å². The number of hydrogen-bond donors (Lipinski definition) is 2. The standard InChI is InChI=1S/C26H29N3OS/c1-29(2)20-14-12-19(13-15-20)23(24-18-27-25-10-4-3-9-22(24)25)17-28-26(30)11-5-7-21-8-6-16-31-21/h3-4,6,8-10,12-16,18,23,27H,5,7,11,17H2,1-2H3,(H,28,30). The van der Waals surface area contributed by atoms with Crippen LogP contribution in [0.25, 0.3) is 10.9 Å². The second kappa shape index (κ2) is 9.84. The zero-order valence-electron chi connectivity index (χ0n) is 18.1. The van der Waals surface area contributed by atoms with E-state index in [2.05, 4.69) is 81.4 Å². The molecule has 0 aliphatic rings. The van der Waals surface area contributed by atoms with Gasteiger partial charge in [0, 0.05) is 60.6 Å². The Labute approximate surface area is 187 Å². The van der Waals surface area contributed by atoms with E-state index in [1.54, 1.807) is 11.3 Å². The maximum Gasteiger partial charge on any atom is 0.220 e. The Hall–Kier alpha value is -3.05. The number of benzene rings is 2. The van der Waals surface area contributed by atoms with Gasteiger partial charge in [0.1, 0.15) is 0 Å². The summed E-state index contributed by atoms with van der Waals surface area (Å²) >= 11 is 1.75. The number of carbonyl (C=O) groups is 1. The van der Waals surface area contributed by atoms with Crippen LogP contribution >= 0.6 is 11.3 Å². The van der Waals surface area contributed by atoms with Gasteiger partial charge < -0.3 is 15.2 Å². The van der Waals surface area contributed by atoms with Crippen molar-refractivity contribution < 1.29 is 4.79 Å². The molecule has 160 valence electrons. The third kappa shape index (κ3) is 5.17. The largest absolute Gasteiger partial charge is 0.378 e. The van der Waals surface area contributed by atoms with Gasteiger partial charge in [0.2, 0.25) is 5.91 Å². The van der Waals surface area contributed by atoms with Crippen LogP contribution in [0.3, 0.4) is 0 Å². The molecule has 0 aliphatic carbocycles. The first-order valence-electron chi connectivity index (χ1n) is 10.7. The summed E-state index contributed by atoms with van der Waals surface area (Å²) in [7, 11) is 4.09. The molecule has 0 bridgehead atoms. The lowest BCUT2D eigenvalue weighted by Crippen LogP contribution is -2.28. The SMILES string of the molecule is CN(C)c1ccc(C(CNC(=O)CCCc2cccs2)c2c[nH]c3ccccc23)cc1. The molecule has 1 amide bonds. The van der Waals surface area contributed by atoms with E-state index in [1.165, 1.54) is 27.1 Å². The molecule has 1 atom stereocenters. The fraction of sp³-hybridized carbons (Fsp3) is 0.269. The first-order valence-corrected chi connectivity index (χ1v) is 11.6. The number of nitrogens with one attached hydrogen (secondary N) is 2. The van der Waals surface area contributed by atoms with Crippen LogP contribution in [0.4, 0.5) is 5.69 Å². The molecule has 2 N–H and O–H groups in total. The van der Waals surface area contributed by atoms with Gasteiger partial charge in [-0.15, -0.1) is 11.3 Å². The Morgan fingerprint density at radius 1 is 1.06 bits per heavy atom. The second-order valence-electron chi connectivity index (χ2n) is 8.07. The normalized spacial score (nSPS) is 12.1. The van der Waals surface area contributed by atoms with Crippen molar-refractivity contribution in [3.05, 3.63) is 88.2 Å². The van der Waals surface area contributed by atoms with Gasteiger partial charge in [-0.05, 0) is 53.6 Å². The van der Waals surface area contributed by atoms with E-state index >= 15 is 0 Å². The molecule has 0 saturated carbocycles. The zero-order valence-corrected chi connectivity index (χ0v) is 18.9. The minimum absolute atomic E-state index is 0.0913. The highest BCUT2D eigenvalue weighted by molar-refractivity contribution is 7.09. The van der Waals surface area contributed by atoms with Gasteiger partial charge in [0.25, 0.3) is 0 Å². The van der Waals surface area contributed by atoms with E-state index in [0.29, 0.717) is 13.0 Å². The van der Waals surface area contributed by atoms with Crippen LogP contribution in [0, 0.1) is 0 Å². The molecule has 2 aromatic carbocycles. The summed E-state index contributed by atoms with van der Waals surface area (Å²) in [6.07, 6.45) is 4.47. The van der Waals surface area contributed by atoms with Gasteiger partial charge >= 0.3 is 0 Å². The Morgan fingerprint density at radius 3 is 2.61 bits per heavy atom. The molecule has 0 aliphatic heterocycles. The van der Waals surface area contributed by atoms with Crippen molar-refractivity contribution in [2.75, 3.05) is 25.5 Å². The number of nitrogens with zero attached hydrogens (tertiary/aromatic N) is 1. The molecular formula is C26H29N3OS. The number of hydrogen-bond acceptors (Lipinski definition) is 3. The number of aryl methyl sites for hydroxylation is 1. The fourth-order valence-electron chi connectivity index (χ4n) is 3.98. The average molecular weight is 432 g/mol. The second-order valence-corrected chi connectivity index (χ2v) is 9.10. The van der Waals surface area contributed by atoms with Crippen molar-refractivity contribution >= 4 is 33.8 Å². The predicted octanol–water partition coefficient (Wildman–Crippen LogP) is 5.57. The summed E-state index contributed by atoms with van der Waals surface area (Å²) in [5.74, 6) is 0.208. The lowest BCUT2D eigenvalue weighted by atomic mass is 9.90. The quantitative estimate of drug-likeness (QED) is 0.364. The number of amides is 1. The molecule has 2 aromatic heterocycles. The Morgan fingerprint density at radius 2 is 1.87 bits per heavy atom. The third-order valence-electron chi connectivity index (χ3n) is 5.72. The zero-order chi connectivity index (χ0) is 21.6. The number of para-hydroxylation sites is 1. The summed E-state index contributed by atoms with van der Waals surface area (Å²) in [6, 6.07) is 21.2. The first-order chi connectivity index (χ1) is 15.1. The topological polar surface area (TPSA) is 48.1 Å². The minimum atomic E-state index is 0.0913. The molecule has 0 fully saturated rings. The van der Waals surface area contributed by atoms with Crippen molar-refractivity contribution in [1.29, 1.82) is 0 Å². The lowest BCUT2D eigenvalue weighted by molar-refractivity contribution is -0.121. The van der Waals surface area contributed by atoms with E-state index in [-0.39, 0.29) is 11.8 Å². The first kappa shape index (κ1) is 21.2. The van der Waals surface area contributed by atoms with Crippen LogP contribution in [-0.4, -0.2) is 31.5 Å². The van der Waals surface area contributed by atoms with Crippen molar-refractivity contribution in [2.24, 2.45) is 0 Å². The summed E-state index contributed by atoms with van der Waals surface area (Å²) in [6.45, 7) is 0.584. The molecule has 4 rings (SSSR count). The predicted molar refractivity (Wildman–Crippen MR) is 131 cm³/mol. The van der Waals surface area contributed by atoms with E-state index in [1.807, 2.05) is 20.2 Å². The molecular weight excluding hydrogens is 402 g/mol. The van der Waals surface area contributed by atoms with Crippen molar-refractivity contribution in [2.45, 2.75) is 25.2 Å². The molecule has 2 heterocycles. The average Bonchev–Trinajstić information content (AvgIpc) is 3.45. The van der Waals surface area contributed by atoms with Gasteiger partial charge in [-0.2, -0.15) is 0 Å². The summed E-state index contributed by atoms with van der Waals surface area (Å²) < 4.78 is 0.